The first-order chi connectivity index (χ1) is 14.7. The van der Waals surface area contributed by atoms with Crippen LogP contribution in [0.15, 0.2) is 36.4 Å². The van der Waals surface area contributed by atoms with E-state index >= 15 is 0 Å². The average molecular weight is 442 g/mol. The summed E-state index contributed by atoms with van der Waals surface area (Å²) in [6.45, 7) is 5.57. The molecule has 3 rings (SSSR count). The Morgan fingerprint density at radius 3 is 2.19 bits per heavy atom. The van der Waals surface area contributed by atoms with Crippen LogP contribution < -0.4 is 10.1 Å². The molecule has 0 bridgehead atoms. The fourth-order valence-electron chi connectivity index (χ4n) is 2.96. The zero-order valence-corrected chi connectivity index (χ0v) is 17.7. The van der Waals surface area contributed by atoms with E-state index in [-0.39, 0.29) is 16.3 Å². The number of amides is 1. The molecule has 1 amide bonds. The van der Waals surface area contributed by atoms with Gasteiger partial charge >= 0.3 is 0 Å². The number of carbonyl (C=O) groups excluding carboxylic acids is 1. The molecule has 10 nitrogen and oxygen atoms in total. The second kappa shape index (κ2) is 8.88. The minimum atomic E-state index is -0.753. The zero-order valence-electron chi connectivity index (χ0n) is 16.9. The Balaban J connectivity index is 1.88. The van der Waals surface area contributed by atoms with Crippen LogP contribution in [0.4, 0.5) is 16.5 Å². The number of nitro groups is 2. The highest BCUT2D eigenvalue weighted by Crippen LogP contribution is 2.33. The number of anilines is 1. The first-order valence-corrected chi connectivity index (χ1v) is 9.98. The fourth-order valence-corrected chi connectivity index (χ4v) is 3.79. The minimum Gasteiger partial charge on any atom is -0.494 e. The van der Waals surface area contributed by atoms with Gasteiger partial charge in [0.05, 0.1) is 27.7 Å². The maximum Gasteiger partial charge on any atom is 0.279 e. The molecule has 0 aliphatic rings. The van der Waals surface area contributed by atoms with E-state index in [1.807, 2.05) is 38.1 Å². The molecule has 11 heteroatoms. The molecule has 0 fully saturated rings. The van der Waals surface area contributed by atoms with Crippen LogP contribution in [0.25, 0.3) is 11.3 Å². The van der Waals surface area contributed by atoms with Crippen molar-refractivity contribution in [1.82, 2.24) is 4.98 Å². The molecule has 0 radical (unpaired) electrons. The van der Waals surface area contributed by atoms with Gasteiger partial charge in [-0.2, -0.15) is 0 Å². The lowest BCUT2D eigenvalue weighted by Crippen LogP contribution is -2.13. The molecule has 31 heavy (non-hydrogen) atoms. The number of nitrogens with zero attached hydrogens (tertiary/aromatic N) is 3. The normalized spacial score (nSPS) is 10.5. The molecule has 3 aromatic rings. The summed E-state index contributed by atoms with van der Waals surface area (Å²) >= 11 is 1.23. The first kappa shape index (κ1) is 21.8. The van der Waals surface area contributed by atoms with E-state index in [1.165, 1.54) is 18.3 Å². The highest BCUT2D eigenvalue weighted by molar-refractivity contribution is 7.16. The molecular formula is C20H18N4O6S. The van der Waals surface area contributed by atoms with E-state index < -0.39 is 27.1 Å². The lowest BCUT2D eigenvalue weighted by molar-refractivity contribution is -0.395. The monoisotopic (exact) mass is 442 g/mol. The summed E-state index contributed by atoms with van der Waals surface area (Å²) in [5.74, 6) is 0.00779. The number of nitro benzene ring substituents is 2. The van der Waals surface area contributed by atoms with Crippen LogP contribution in [-0.2, 0) is 0 Å². The molecule has 0 saturated carbocycles. The summed E-state index contributed by atoms with van der Waals surface area (Å²) in [6.07, 6.45) is 0. The molecule has 0 spiro atoms. The molecule has 0 unspecified atom stereocenters. The van der Waals surface area contributed by atoms with Crippen molar-refractivity contribution >= 4 is 33.8 Å². The number of hydrogen-bond acceptors (Lipinski definition) is 8. The number of aryl methyl sites for hydroxylation is 1. The predicted molar refractivity (Wildman–Crippen MR) is 116 cm³/mol. The van der Waals surface area contributed by atoms with Crippen LogP contribution in [0.1, 0.15) is 27.7 Å². The quantitative estimate of drug-likeness (QED) is 0.406. The van der Waals surface area contributed by atoms with E-state index in [1.54, 1.807) is 0 Å². The number of ether oxygens (including phenoxy) is 1. The van der Waals surface area contributed by atoms with Crippen molar-refractivity contribution in [2.75, 3.05) is 11.9 Å². The zero-order chi connectivity index (χ0) is 22.7. The Morgan fingerprint density at radius 2 is 1.68 bits per heavy atom. The van der Waals surface area contributed by atoms with E-state index in [2.05, 4.69) is 10.3 Å². The number of hydrogen-bond donors (Lipinski definition) is 1. The molecule has 1 N–H and O–H groups in total. The van der Waals surface area contributed by atoms with Crippen molar-refractivity contribution in [3.8, 4) is 17.0 Å². The van der Waals surface area contributed by atoms with Gasteiger partial charge in [-0.3, -0.25) is 30.3 Å². The van der Waals surface area contributed by atoms with Crippen LogP contribution in [0, 0.1) is 34.1 Å². The Bertz CT molecular complexity index is 1140. The second-order valence-corrected chi connectivity index (χ2v) is 7.69. The van der Waals surface area contributed by atoms with Crippen LogP contribution in [-0.4, -0.2) is 27.3 Å². The van der Waals surface area contributed by atoms with Crippen molar-refractivity contribution in [3.63, 3.8) is 0 Å². The van der Waals surface area contributed by atoms with E-state index in [0.717, 1.165) is 28.3 Å². The summed E-state index contributed by atoms with van der Waals surface area (Å²) < 4.78 is 5.42. The van der Waals surface area contributed by atoms with Gasteiger partial charge in [-0.25, -0.2) is 4.98 Å². The summed E-state index contributed by atoms with van der Waals surface area (Å²) in [6, 6.07) is 9.38. The fraction of sp³-hybridized carbons (Fsp3) is 0.200. The lowest BCUT2D eigenvalue weighted by atomic mass is 10.1. The van der Waals surface area contributed by atoms with Gasteiger partial charge in [0.15, 0.2) is 5.13 Å². The SMILES string of the molecule is CCOc1ccc(-c2nc(NC(=O)c3cc([N+](=O)[O-])c(C)c([N+](=O)[O-])c3)sc2C)cc1. The summed E-state index contributed by atoms with van der Waals surface area (Å²) in [5.41, 5.74) is 0.201. The second-order valence-electron chi connectivity index (χ2n) is 6.49. The van der Waals surface area contributed by atoms with Gasteiger partial charge in [-0.15, -0.1) is 11.3 Å². The molecular weight excluding hydrogens is 424 g/mol. The van der Waals surface area contributed by atoms with Crippen molar-refractivity contribution in [3.05, 3.63) is 72.6 Å². The van der Waals surface area contributed by atoms with Gasteiger partial charge in [0.2, 0.25) is 0 Å². The highest BCUT2D eigenvalue weighted by Gasteiger charge is 2.26. The smallest absolute Gasteiger partial charge is 0.279 e. The molecule has 160 valence electrons. The van der Waals surface area contributed by atoms with Gasteiger partial charge in [0.25, 0.3) is 17.3 Å². The minimum absolute atomic E-state index is 0.116. The molecule has 1 aromatic heterocycles. The lowest BCUT2D eigenvalue weighted by Gasteiger charge is -2.05. The number of nitrogens with one attached hydrogen (secondary N) is 1. The standard InChI is InChI=1S/C20H18N4O6S/c1-4-30-15-7-5-13(6-8-15)18-12(3)31-20(21-18)22-19(25)14-9-16(23(26)27)11(2)17(10-14)24(28)29/h5-10H,4H2,1-3H3,(H,21,22,25). The van der Waals surface area contributed by atoms with Gasteiger partial charge < -0.3 is 4.74 Å². The Kier molecular flexibility index (Phi) is 6.25. The van der Waals surface area contributed by atoms with E-state index in [0.29, 0.717) is 12.3 Å². The maximum absolute atomic E-state index is 12.6. The summed E-state index contributed by atoms with van der Waals surface area (Å²) in [5, 5.41) is 25.3. The first-order valence-electron chi connectivity index (χ1n) is 9.16. The number of thiazole rings is 1. The van der Waals surface area contributed by atoms with E-state index in [4.69, 9.17) is 4.74 Å². The van der Waals surface area contributed by atoms with E-state index in [9.17, 15) is 25.0 Å². The largest absolute Gasteiger partial charge is 0.494 e. The van der Waals surface area contributed by atoms with Crippen molar-refractivity contribution in [2.24, 2.45) is 0 Å². The topological polar surface area (TPSA) is 138 Å². The van der Waals surface area contributed by atoms with Crippen LogP contribution in [0.2, 0.25) is 0 Å². The summed E-state index contributed by atoms with van der Waals surface area (Å²) in [4.78, 5) is 38.9. The Hall–Kier alpha value is -3.86. The third-order valence-corrected chi connectivity index (χ3v) is 5.35. The predicted octanol–water partition coefficient (Wildman–Crippen LogP) is 4.89. The van der Waals surface area contributed by atoms with Gasteiger partial charge in [-0.1, -0.05) is 0 Å². The Labute approximate surface area is 180 Å². The summed E-state index contributed by atoms with van der Waals surface area (Å²) in [7, 11) is 0. The number of rotatable bonds is 7. The van der Waals surface area contributed by atoms with Crippen LogP contribution >= 0.6 is 11.3 Å². The maximum atomic E-state index is 12.6. The van der Waals surface area contributed by atoms with Gasteiger partial charge in [0, 0.05) is 22.6 Å². The molecule has 0 saturated heterocycles. The Morgan fingerprint density at radius 1 is 1.10 bits per heavy atom. The van der Waals surface area contributed by atoms with Crippen LogP contribution in [0.3, 0.4) is 0 Å². The van der Waals surface area contributed by atoms with Gasteiger partial charge in [0.1, 0.15) is 11.3 Å². The number of aromatic nitrogens is 1. The van der Waals surface area contributed by atoms with Gasteiger partial charge in [-0.05, 0) is 45.0 Å². The molecule has 0 aliphatic heterocycles. The number of benzene rings is 2. The number of carbonyl (C=O) groups is 1. The third kappa shape index (κ3) is 4.67. The van der Waals surface area contributed by atoms with Crippen molar-refractivity contribution < 1.29 is 19.4 Å². The van der Waals surface area contributed by atoms with Crippen LogP contribution in [0.5, 0.6) is 5.75 Å². The molecule has 1 heterocycles. The molecule has 2 aromatic carbocycles. The highest BCUT2D eigenvalue weighted by atomic mass is 32.1. The molecule has 0 atom stereocenters. The van der Waals surface area contributed by atoms with Crippen molar-refractivity contribution in [2.45, 2.75) is 20.8 Å². The third-order valence-electron chi connectivity index (χ3n) is 4.46. The van der Waals surface area contributed by atoms with Crippen molar-refractivity contribution in [1.29, 1.82) is 0 Å². The molecule has 0 aliphatic carbocycles. The average Bonchev–Trinajstić information content (AvgIpc) is 3.08.